The number of nitrogens with two attached hydrogens (primary N) is 1. The summed E-state index contributed by atoms with van der Waals surface area (Å²) < 4.78 is 0. The number of benzene rings is 2. The van der Waals surface area contributed by atoms with E-state index in [1.165, 1.54) is 11.1 Å². The van der Waals surface area contributed by atoms with Gasteiger partial charge in [-0.2, -0.15) is 0 Å². The minimum atomic E-state index is 0.0992. The molecule has 0 aliphatic carbocycles. The molecule has 0 radical (unpaired) electrons. The molecule has 132 valence electrons. The second-order valence-corrected chi connectivity index (χ2v) is 6.96. The lowest BCUT2D eigenvalue weighted by Gasteiger charge is -2.32. The molecule has 0 bridgehead atoms. The normalized spacial score (nSPS) is 15.9. The molecule has 25 heavy (non-hydrogen) atoms. The van der Waals surface area contributed by atoms with Crippen molar-refractivity contribution >= 4 is 11.6 Å². The van der Waals surface area contributed by atoms with Crippen LogP contribution in [0.5, 0.6) is 0 Å². The third-order valence-corrected chi connectivity index (χ3v) is 4.95. The van der Waals surface area contributed by atoms with Gasteiger partial charge in [-0.3, -0.25) is 9.69 Å². The van der Waals surface area contributed by atoms with Gasteiger partial charge in [0, 0.05) is 31.4 Å². The van der Waals surface area contributed by atoms with Gasteiger partial charge in [-0.25, -0.2) is 0 Å². The van der Waals surface area contributed by atoms with E-state index in [4.69, 9.17) is 5.73 Å². The van der Waals surface area contributed by atoms with E-state index in [0.717, 1.165) is 43.7 Å². The van der Waals surface area contributed by atoms with E-state index in [9.17, 15) is 4.79 Å². The monoisotopic (exact) mass is 337 g/mol. The number of piperidine rings is 1. The maximum absolute atomic E-state index is 12.2. The highest BCUT2D eigenvalue weighted by Gasteiger charge is 2.21. The Morgan fingerprint density at radius 1 is 1.12 bits per heavy atom. The molecule has 1 saturated heterocycles. The van der Waals surface area contributed by atoms with Gasteiger partial charge in [0.05, 0.1) is 6.42 Å². The average Bonchev–Trinajstić information content (AvgIpc) is 2.61. The predicted molar refractivity (Wildman–Crippen MR) is 102 cm³/mol. The van der Waals surface area contributed by atoms with Crippen LogP contribution in [0.1, 0.15) is 29.5 Å². The fourth-order valence-electron chi connectivity index (χ4n) is 3.36. The summed E-state index contributed by atoms with van der Waals surface area (Å²) in [7, 11) is 0. The largest absolute Gasteiger partial charge is 0.399 e. The molecule has 1 heterocycles. The van der Waals surface area contributed by atoms with E-state index in [2.05, 4.69) is 41.4 Å². The first-order valence-electron chi connectivity index (χ1n) is 9.01. The molecule has 0 saturated carbocycles. The molecule has 1 fully saturated rings. The van der Waals surface area contributed by atoms with Gasteiger partial charge in [-0.05, 0) is 48.6 Å². The van der Waals surface area contributed by atoms with Crippen LogP contribution in [-0.2, 0) is 17.8 Å². The number of anilines is 1. The summed E-state index contributed by atoms with van der Waals surface area (Å²) in [5.41, 5.74) is 10.2. The number of nitrogens with one attached hydrogen (secondary N) is 1. The maximum Gasteiger partial charge on any atom is 0.224 e. The molecule has 2 aromatic rings. The molecular formula is C21H27N3O. The van der Waals surface area contributed by atoms with Crippen LogP contribution in [0, 0.1) is 6.92 Å². The SMILES string of the molecule is Cc1ccccc1CN1CCC(NC(=O)Cc2ccc(N)cc2)CC1. The third kappa shape index (κ3) is 5.07. The summed E-state index contributed by atoms with van der Waals surface area (Å²) in [5.74, 6) is 0.0992. The quantitative estimate of drug-likeness (QED) is 0.825. The molecule has 1 amide bonds. The Labute approximate surface area is 150 Å². The molecule has 4 heteroatoms. The van der Waals surface area contributed by atoms with Crippen LogP contribution in [0.2, 0.25) is 0 Å². The van der Waals surface area contributed by atoms with E-state index in [1.807, 2.05) is 24.3 Å². The van der Waals surface area contributed by atoms with Crippen LogP contribution in [0.25, 0.3) is 0 Å². The smallest absolute Gasteiger partial charge is 0.224 e. The first-order chi connectivity index (χ1) is 12.1. The second kappa shape index (κ2) is 8.17. The maximum atomic E-state index is 12.2. The van der Waals surface area contributed by atoms with Gasteiger partial charge in [0.1, 0.15) is 0 Å². The van der Waals surface area contributed by atoms with Gasteiger partial charge in [-0.1, -0.05) is 36.4 Å². The molecule has 3 rings (SSSR count). The van der Waals surface area contributed by atoms with Crippen molar-refractivity contribution in [3.8, 4) is 0 Å². The molecule has 3 N–H and O–H groups in total. The fourth-order valence-corrected chi connectivity index (χ4v) is 3.36. The van der Waals surface area contributed by atoms with Crippen LogP contribution in [0.3, 0.4) is 0 Å². The van der Waals surface area contributed by atoms with Crippen molar-refractivity contribution in [1.29, 1.82) is 0 Å². The Balaban J connectivity index is 1.43. The van der Waals surface area contributed by atoms with E-state index in [-0.39, 0.29) is 11.9 Å². The number of nitrogen functional groups attached to an aromatic ring is 1. The Kier molecular flexibility index (Phi) is 5.71. The Hall–Kier alpha value is -2.33. The number of aryl methyl sites for hydroxylation is 1. The molecule has 0 spiro atoms. The number of hydrogen-bond donors (Lipinski definition) is 2. The molecule has 0 aromatic heterocycles. The summed E-state index contributed by atoms with van der Waals surface area (Å²) in [6.45, 7) is 5.22. The molecule has 1 aliphatic rings. The van der Waals surface area contributed by atoms with E-state index >= 15 is 0 Å². The van der Waals surface area contributed by atoms with Gasteiger partial charge in [0.15, 0.2) is 0 Å². The van der Waals surface area contributed by atoms with Gasteiger partial charge in [0.25, 0.3) is 0 Å². The Bertz CT molecular complexity index is 703. The highest BCUT2D eigenvalue weighted by atomic mass is 16.1. The summed E-state index contributed by atoms with van der Waals surface area (Å²) >= 11 is 0. The van der Waals surface area contributed by atoms with Crippen molar-refractivity contribution in [2.45, 2.75) is 38.8 Å². The fraction of sp³-hybridized carbons (Fsp3) is 0.381. The number of carbonyl (C=O) groups is 1. The zero-order chi connectivity index (χ0) is 17.6. The molecule has 1 aliphatic heterocycles. The average molecular weight is 337 g/mol. The van der Waals surface area contributed by atoms with Crippen molar-refractivity contribution in [1.82, 2.24) is 10.2 Å². The summed E-state index contributed by atoms with van der Waals surface area (Å²) in [6.07, 6.45) is 2.45. The van der Waals surface area contributed by atoms with Gasteiger partial charge >= 0.3 is 0 Å². The zero-order valence-electron chi connectivity index (χ0n) is 14.9. The Morgan fingerprint density at radius 3 is 2.48 bits per heavy atom. The number of likely N-dealkylation sites (tertiary alicyclic amines) is 1. The van der Waals surface area contributed by atoms with Crippen molar-refractivity contribution in [2.24, 2.45) is 0 Å². The number of rotatable bonds is 5. The van der Waals surface area contributed by atoms with E-state index < -0.39 is 0 Å². The van der Waals surface area contributed by atoms with Gasteiger partial charge < -0.3 is 11.1 Å². The lowest BCUT2D eigenvalue weighted by atomic mass is 10.0. The summed E-state index contributed by atoms with van der Waals surface area (Å²) in [4.78, 5) is 14.7. The second-order valence-electron chi connectivity index (χ2n) is 6.96. The van der Waals surface area contributed by atoms with Gasteiger partial charge in [0.2, 0.25) is 5.91 Å². The van der Waals surface area contributed by atoms with Crippen LogP contribution in [0.4, 0.5) is 5.69 Å². The topological polar surface area (TPSA) is 58.4 Å². The molecule has 0 atom stereocenters. The van der Waals surface area contributed by atoms with Crippen LogP contribution < -0.4 is 11.1 Å². The van der Waals surface area contributed by atoms with Crippen LogP contribution >= 0.6 is 0 Å². The van der Waals surface area contributed by atoms with Crippen molar-refractivity contribution in [3.63, 3.8) is 0 Å². The number of amides is 1. The lowest BCUT2D eigenvalue weighted by molar-refractivity contribution is -0.121. The number of nitrogens with zero attached hydrogens (tertiary/aromatic N) is 1. The highest BCUT2D eigenvalue weighted by Crippen LogP contribution is 2.16. The molecular weight excluding hydrogens is 310 g/mol. The number of carbonyl (C=O) groups excluding carboxylic acids is 1. The third-order valence-electron chi connectivity index (χ3n) is 4.95. The van der Waals surface area contributed by atoms with Crippen molar-refractivity contribution < 1.29 is 4.79 Å². The minimum Gasteiger partial charge on any atom is -0.399 e. The van der Waals surface area contributed by atoms with Gasteiger partial charge in [-0.15, -0.1) is 0 Å². The van der Waals surface area contributed by atoms with Crippen LogP contribution in [-0.4, -0.2) is 29.9 Å². The lowest BCUT2D eigenvalue weighted by Crippen LogP contribution is -2.44. The van der Waals surface area contributed by atoms with Crippen molar-refractivity contribution in [2.75, 3.05) is 18.8 Å². The van der Waals surface area contributed by atoms with Crippen LogP contribution in [0.15, 0.2) is 48.5 Å². The summed E-state index contributed by atoms with van der Waals surface area (Å²) in [6, 6.07) is 16.4. The summed E-state index contributed by atoms with van der Waals surface area (Å²) in [5, 5.41) is 3.18. The molecule has 0 unspecified atom stereocenters. The first-order valence-corrected chi connectivity index (χ1v) is 9.01. The molecule has 2 aromatic carbocycles. The minimum absolute atomic E-state index is 0.0992. The standard InChI is InChI=1S/C21H27N3O/c1-16-4-2-3-5-18(16)15-24-12-10-20(11-13-24)23-21(25)14-17-6-8-19(22)9-7-17/h2-9,20H,10-15,22H2,1H3,(H,23,25). The van der Waals surface area contributed by atoms with Crippen molar-refractivity contribution in [3.05, 3.63) is 65.2 Å². The molecule has 4 nitrogen and oxygen atoms in total. The van der Waals surface area contributed by atoms with E-state index in [0.29, 0.717) is 6.42 Å². The Morgan fingerprint density at radius 2 is 1.80 bits per heavy atom. The van der Waals surface area contributed by atoms with E-state index in [1.54, 1.807) is 0 Å². The highest BCUT2D eigenvalue weighted by molar-refractivity contribution is 5.79. The first kappa shape index (κ1) is 17.5. The predicted octanol–water partition coefficient (Wildman–Crippen LogP) is 2.90. The zero-order valence-corrected chi connectivity index (χ0v) is 14.9. The number of hydrogen-bond acceptors (Lipinski definition) is 3.